The van der Waals surface area contributed by atoms with Gasteiger partial charge in [0.05, 0.1) is 16.9 Å². The fourth-order valence-corrected chi connectivity index (χ4v) is 2.74. The molecule has 6 heteroatoms. The third kappa shape index (κ3) is 3.59. The van der Waals surface area contributed by atoms with Gasteiger partial charge in [0.25, 0.3) is 5.91 Å². The molecule has 2 rings (SSSR count). The van der Waals surface area contributed by atoms with E-state index >= 15 is 0 Å². The number of thiazole rings is 1. The van der Waals surface area contributed by atoms with Gasteiger partial charge in [-0.25, -0.2) is 4.98 Å². The summed E-state index contributed by atoms with van der Waals surface area (Å²) in [4.78, 5) is 16.8. The molecule has 2 aromatic rings. The van der Waals surface area contributed by atoms with E-state index in [4.69, 9.17) is 5.84 Å². The second-order valence-corrected chi connectivity index (χ2v) is 6.79. The first-order chi connectivity index (χ1) is 9.81. The Bertz CT molecular complexity index is 658. The Hall–Kier alpha value is -1.92. The number of aryl methyl sites for hydroxylation is 1. The van der Waals surface area contributed by atoms with Gasteiger partial charge in [0.1, 0.15) is 0 Å². The Kier molecular flexibility index (Phi) is 4.29. The lowest BCUT2D eigenvalue weighted by atomic mass is 9.93. The van der Waals surface area contributed by atoms with E-state index in [2.05, 4.69) is 36.5 Å². The predicted octanol–water partition coefficient (Wildman–Crippen LogP) is 3.29. The van der Waals surface area contributed by atoms with Crippen LogP contribution in [-0.2, 0) is 5.41 Å². The summed E-state index contributed by atoms with van der Waals surface area (Å²) in [6.07, 6.45) is 0. The Balaban J connectivity index is 2.22. The van der Waals surface area contributed by atoms with Crippen LogP contribution in [0.3, 0.4) is 0 Å². The molecule has 0 aliphatic rings. The zero-order chi connectivity index (χ0) is 15.6. The number of hydrazine groups is 1. The molecule has 1 heterocycles. The molecule has 4 N–H and O–H groups in total. The minimum Gasteiger partial charge on any atom is -0.323 e. The highest BCUT2D eigenvalue weighted by molar-refractivity contribution is 7.14. The van der Waals surface area contributed by atoms with Crippen molar-refractivity contribution in [2.45, 2.75) is 33.1 Å². The van der Waals surface area contributed by atoms with Gasteiger partial charge in [-0.1, -0.05) is 32.4 Å². The number of hydrogen-bond donors (Lipinski definition) is 3. The number of anilines is 2. The van der Waals surface area contributed by atoms with Crippen LogP contribution < -0.4 is 16.6 Å². The molecule has 0 unspecified atom stereocenters. The highest BCUT2D eigenvalue weighted by atomic mass is 32.1. The number of carbonyl (C=O) groups excluding carboxylic acids is 1. The summed E-state index contributed by atoms with van der Waals surface area (Å²) in [5.41, 5.74) is 5.56. The smallest absolute Gasteiger partial charge is 0.259 e. The number of nitrogens with two attached hydrogens (primary N) is 1. The summed E-state index contributed by atoms with van der Waals surface area (Å²) in [6.45, 7) is 8.19. The van der Waals surface area contributed by atoms with Crippen molar-refractivity contribution < 1.29 is 4.79 Å². The fourth-order valence-electron chi connectivity index (χ4n) is 1.81. The van der Waals surface area contributed by atoms with E-state index in [0.717, 1.165) is 11.3 Å². The van der Waals surface area contributed by atoms with E-state index in [9.17, 15) is 4.79 Å². The molecule has 0 atom stereocenters. The second-order valence-electron chi connectivity index (χ2n) is 5.94. The zero-order valence-electron chi connectivity index (χ0n) is 12.7. The standard InChI is InChI=1S/C15H20N4OS/c1-9-5-6-11(19-16)10(7-9)13(20)18-14-17-12(8-21-14)15(2,3)4/h5-8,19H,16H2,1-4H3,(H,17,18,20). The Labute approximate surface area is 128 Å². The normalized spacial score (nSPS) is 11.3. The third-order valence-electron chi connectivity index (χ3n) is 3.07. The van der Waals surface area contributed by atoms with Gasteiger partial charge in [0, 0.05) is 10.8 Å². The zero-order valence-corrected chi connectivity index (χ0v) is 13.5. The van der Waals surface area contributed by atoms with Crippen LogP contribution in [0.1, 0.15) is 42.4 Å². The quantitative estimate of drug-likeness (QED) is 0.600. The molecule has 0 bridgehead atoms. The maximum Gasteiger partial charge on any atom is 0.259 e. The number of amides is 1. The molecule has 5 nitrogen and oxygen atoms in total. The summed E-state index contributed by atoms with van der Waals surface area (Å²) in [6, 6.07) is 5.47. The van der Waals surface area contributed by atoms with Crippen molar-refractivity contribution in [2.24, 2.45) is 5.84 Å². The lowest BCUT2D eigenvalue weighted by Gasteiger charge is -2.14. The van der Waals surface area contributed by atoms with Crippen LogP contribution in [0.15, 0.2) is 23.6 Å². The molecule has 21 heavy (non-hydrogen) atoms. The molecule has 1 amide bonds. The topological polar surface area (TPSA) is 80.0 Å². The Morgan fingerprint density at radius 2 is 2.05 bits per heavy atom. The van der Waals surface area contributed by atoms with Crippen molar-refractivity contribution in [3.63, 3.8) is 0 Å². The van der Waals surface area contributed by atoms with E-state index in [1.165, 1.54) is 11.3 Å². The third-order valence-corrected chi connectivity index (χ3v) is 3.83. The minimum absolute atomic E-state index is 0.0349. The monoisotopic (exact) mass is 304 g/mol. The summed E-state index contributed by atoms with van der Waals surface area (Å²) in [7, 11) is 0. The molecule has 0 fully saturated rings. The maximum atomic E-state index is 12.4. The van der Waals surface area contributed by atoms with Crippen molar-refractivity contribution in [1.29, 1.82) is 0 Å². The van der Waals surface area contributed by atoms with Crippen molar-refractivity contribution >= 4 is 28.1 Å². The summed E-state index contributed by atoms with van der Waals surface area (Å²) < 4.78 is 0. The molecule has 0 aliphatic carbocycles. The molecule has 0 radical (unpaired) electrons. The van der Waals surface area contributed by atoms with E-state index in [1.807, 2.05) is 18.4 Å². The Morgan fingerprint density at radius 1 is 1.33 bits per heavy atom. The van der Waals surface area contributed by atoms with Crippen LogP contribution >= 0.6 is 11.3 Å². The summed E-state index contributed by atoms with van der Waals surface area (Å²) >= 11 is 1.42. The average Bonchev–Trinajstić information content (AvgIpc) is 2.87. The molecule has 112 valence electrons. The van der Waals surface area contributed by atoms with E-state index in [-0.39, 0.29) is 11.3 Å². The van der Waals surface area contributed by atoms with Crippen molar-refractivity contribution in [2.75, 3.05) is 10.7 Å². The van der Waals surface area contributed by atoms with Crippen LogP contribution in [0.5, 0.6) is 0 Å². The number of nitrogens with one attached hydrogen (secondary N) is 2. The van der Waals surface area contributed by atoms with E-state index in [0.29, 0.717) is 16.4 Å². The van der Waals surface area contributed by atoms with Gasteiger partial charge in [-0.05, 0) is 19.1 Å². The van der Waals surface area contributed by atoms with Crippen LogP contribution in [0.4, 0.5) is 10.8 Å². The molecule has 0 saturated carbocycles. The summed E-state index contributed by atoms with van der Waals surface area (Å²) in [5.74, 6) is 5.23. The highest BCUT2D eigenvalue weighted by Gasteiger charge is 2.19. The lowest BCUT2D eigenvalue weighted by Crippen LogP contribution is -2.18. The maximum absolute atomic E-state index is 12.4. The predicted molar refractivity (Wildman–Crippen MR) is 87.8 cm³/mol. The molecule has 0 saturated heterocycles. The first kappa shape index (κ1) is 15.5. The molecule has 1 aromatic heterocycles. The average molecular weight is 304 g/mol. The SMILES string of the molecule is Cc1ccc(NN)c(C(=O)Nc2nc(C(C)(C)C)cs2)c1. The molecule has 0 spiro atoms. The van der Waals surface area contributed by atoms with Crippen LogP contribution in [0.25, 0.3) is 0 Å². The van der Waals surface area contributed by atoms with Gasteiger partial charge >= 0.3 is 0 Å². The van der Waals surface area contributed by atoms with Crippen LogP contribution in [0.2, 0.25) is 0 Å². The number of nitrogen functional groups attached to an aromatic ring is 1. The van der Waals surface area contributed by atoms with Crippen LogP contribution in [-0.4, -0.2) is 10.9 Å². The highest BCUT2D eigenvalue weighted by Crippen LogP contribution is 2.27. The minimum atomic E-state index is -0.221. The van der Waals surface area contributed by atoms with Gasteiger partial charge in [-0.15, -0.1) is 11.3 Å². The number of carbonyl (C=O) groups is 1. The number of rotatable bonds is 3. The number of benzene rings is 1. The van der Waals surface area contributed by atoms with Gasteiger partial charge in [0.2, 0.25) is 0 Å². The molecular formula is C15H20N4OS. The lowest BCUT2D eigenvalue weighted by molar-refractivity contribution is 0.102. The molecular weight excluding hydrogens is 284 g/mol. The van der Waals surface area contributed by atoms with Crippen molar-refractivity contribution in [3.05, 3.63) is 40.4 Å². The largest absolute Gasteiger partial charge is 0.323 e. The first-order valence-corrected chi connectivity index (χ1v) is 7.54. The van der Waals surface area contributed by atoms with Gasteiger partial charge < -0.3 is 5.43 Å². The first-order valence-electron chi connectivity index (χ1n) is 6.66. The number of hydrogen-bond acceptors (Lipinski definition) is 5. The second kappa shape index (κ2) is 5.83. The van der Waals surface area contributed by atoms with E-state index < -0.39 is 0 Å². The summed E-state index contributed by atoms with van der Waals surface area (Å²) in [5, 5.41) is 5.38. The van der Waals surface area contributed by atoms with Gasteiger partial charge in [-0.2, -0.15) is 0 Å². The molecule has 1 aromatic carbocycles. The van der Waals surface area contributed by atoms with Gasteiger partial charge in [0.15, 0.2) is 5.13 Å². The number of nitrogens with zero attached hydrogens (tertiary/aromatic N) is 1. The number of aromatic nitrogens is 1. The fraction of sp³-hybridized carbons (Fsp3) is 0.333. The van der Waals surface area contributed by atoms with E-state index in [1.54, 1.807) is 12.1 Å². The Morgan fingerprint density at radius 3 is 2.62 bits per heavy atom. The molecule has 0 aliphatic heterocycles. The van der Waals surface area contributed by atoms with Crippen LogP contribution in [0, 0.1) is 6.92 Å². The van der Waals surface area contributed by atoms with Gasteiger partial charge in [-0.3, -0.25) is 16.0 Å². The van der Waals surface area contributed by atoms with Crippen molar-refractivity contribution in [1.82, 2.24) is 4.98 Å². The van der Waals surface area contributed by atoms with Crippen molar-refractivity contribution in [3.8, 4) is 0 Å².